The van der Waals surface area contributed by atoms with Crippen LogP contribution in [-0.2, 0) is 19.3 Å². The number of rotatable bonds is 4. The molecule has 0 aliphatic rings. The summed E-state index contributed by atoms with van der Waals surface area (Å²) in [7, 11) is -1.81. The lowest BCUT2D eigenvalue weighted by molar-refractivity contribution is 0.324. The topological polar surface area (TPSA) is 106 Å². The van der Waals surface area contributed by atoms with Crippen LogP contribution in [0.25, 0.3) is 0 Å². The summed E-state index contributed by atoms with van der Waals surface area (Å²) in [6.07, 6.45) is 0. The normalized spacial score (nSPS) is 10.1. The number of benzene rings is 1. The summed E-state index contributed by atoms with van der Waals surface area (Å²) in [4.78, 5) is 0. The molecule has 19 heavy (non-hydrogen) atoms. The lowest BCUT2D eigenvalue weighted by Gasteiger charge is -2.09. The number of hydrogen-bond donors (Lipinski definition) is 2. The van der Waals surface area contributed by atoms with Gasteiger partial charge < -0.3 is 9.47 Å². The molecule has 1 rings (SSSR count). The zero-order chi connectivity index (χ0) is 14.9. The highest BCUT2D eigenvalue weighted by Gasteiger charge is 2.07. The molecule has 0 heterocycles. The standard InChI is InChI=1S/C10H13NO2.CH4O4S/c1-3-13-9-7-5-4-6-8(9)10(11)12-2;1-5-6(2,3)4/h4-7,11H,3H2,1-2H3;1H3,(H,2,3,4). The van der Waals surface area contributed by atoms with Gasteiger partial charge in [-0.2, -0.15) is 8.42 Å². The molecule has 0 fully saturated rings. The maximum Gasteiger partial charge on any atom is 0.397 e. The Labute approximate surface area is 112 Å². The Morgan fingerprint density at radius 2 is 1.84 bits per heavy atom. The number of hydrogen-bond acceptors (Lipinski definition) is 6. The largest absolute Gasteiger partial charge is 0.493 e. The van der Waals surface area contributed by atoms with Crippen molar-refractivity contribution in [3.8, 4) is 5.75 Å². The first kappa shape index (κ1) is 17.4. The van der Waals surface area contributed by atoms with Crippen molar-refractivity contribution >= 4 is 16.3 Å². The number of ether oxygens (including phenoxy) is 2. The summed E-state index contributed by atoms with van der Waals surface area (Å²) in [6, 6.07) is 7.35. The van der Waals surface area contributed by atoms with Crippen LogP contribution in [0.2, 0.25) is 0 Å². The molecule has 1 aromatic carbocycles. The van der Waals surface area contributed by atoms with Crippen molar-refractivity contribution in [2.75, 3.05) is 20.8 Å². The second-order valence-corrected chi connectivity index (χ2v) is 4.25. The monoisotopic (exact) mass is 291 g/mol. The van der Waals surface area contributed by atoms with Gasteiger partial charge in [0.1, 0.15) is 5.75 Å². The van der Waals surface area contributed by atoms with Gasteiger partial charge in [0.05, 0.1) is 26.4 Å². The maximum absolute atomic E-state index is 9.33. The average Bonchev–Trinajstić information content (AvgIpc) is 2.39. The van der Waals surface area contributed by atoms with Crippen LogP contribution < -0.4 is 4.74 Å². The van der Waals surface area contributed by atoms with Crippen molar-refractivity contribution in [1.29, 1.82) is 5.41 Å². The summed E-state index contributed by atoms with van der Waals surface area (Å²) in [5, 5.41) is 7.50. The third-order valence-electron chi connectivity index (χ3n) is 1.85. The molecular weight excluding hydrogens is 274 g/mol. The average molecular weight is 291 g/mol. The minimum absolute atomic E-state index is 0.129. The molecule has 0 aromatic heterocycles. The first-order chi connectivity index (χ1) is 8.85. The highest BCUT2D eigenvalue weighted by Crippen LogP contribution is 2.18. The summed E-state index contributed by atoms with van der Waals surface area (Å²) < 4.78 is 39.9. The van der Waals surface area contributed by atoms with E-state index < -0.39 is 10.4 Å². The van der Waals surface area contributed by atoms with Gasteiger partial charge in [-0.15, -0.1) is 0 Å². The molecule has 108 valence electrons. The van der Waals surface area contributed by atoms with Gasteiger partial charge in [-0.05, 0) is 19.1 Å². The molecule has 0 aliphatic carbocycles. The number of nitrogens with one attached hydrogen (secondary N) is 1. The van der Waals surface area contributed by atoms with Crippen LogP contribution in [-0.4, -0.2) is 39.7 Å². The number of para-hydroxylation sites is 1. The van der Waals surface area contributed by atoms with E-state index >= 15 is 0 Å². The van der Waals surface area contributed by atoms with Crippen LogP contribution in [0.5, 0.6) is 5.75 Å². The fraction of sp³-hybridized carbons (Fsp3) is 0.364. The predicted molar refractivity (Wildman–Crippen MR) is 70.0 cm³/mol. The molecule has 0 unspecified atom stereocenters. The Morgan fingerprint density at radius 1 is 1.32 bits per heavy atom. The molecule has 0 spiro atoms. The van der Waals surface area contributed by atoms with Gasteiger partial charge in [0.2, 0.25) is 5.90 Å². The molecule has 1 aromatic rings. The lowest BCUT2D eigenvalue weighted by atomic mass is 10.2. The van der Waals surface area contributed by atoms with E-state index in [0.29, 0.717) is 17.9 Å². The van der Waals surface area contributed by atoms with Crippen LogP contribution in [0.4, 0.5) is 0 Å². The molecule has 0 saturated heterocycles. The molecule has 0 saturated carbocycles. The second-order valence-electron chi connectivity index (χ2n) is 3.06. The van der Waals surface area contributed by atoms with Gasteiger partial charge in [0.25, 0.3) is 0 Å². The van der Waals surface area contributed by atoms with Gasteiger partial charge in [0.15, 0.2) is 0 Å². The van der Waals surface area contributed by atoms with Gasteiger partial charge in [-0.25, -0.2) is 0 Å². The van der Waals surface area contributed by atoms with Crippen LogP contribution >= 0.6 is 0 Å². The van der Waals surface area contributed by atoms with E-state index in [0.717, 1.165) is 7.11 Å². The quantitative estimate of drug-likeness (QED) is 0.494. The summed E-state index contributed by atoms with van der Waals surface area (Å²) in [5.74, 6) is 0.820. The summed E-state index contributed by atoms with van der Waals surface area (Å²) in [5.41, 5.74) is 0.687. The van der Waals surface area contributed by atoms with E-state index in [1.54, 1.807) is 6.07 Å². The maximum atomic E-state index is 9.33. The van der Waals surface area contributed by atoms with E-state index in [9.17, 15) is 8.42 Å². The van der Waals surface area contributed by atoms with E-state index in [2.05, 4.69) is 4.18 Å². The highest BCUT2D eigenvalue weighted by atomic mass is 32.3. The van der Waals surface area contributed by atoms with E-state index in [1.807, 2.05) is 25.1 Å². The minimum Gasteiger partial charge on any atom is -0.493 e. The third kappa shape index (κ3) is 7.39. The zero-order valence-corrected chi connectivity index (χ0v) is 11.7. The van der Waals surface area contributed by atoms with Gasteiger partial charge in [-0.3, -0.25) is 14.1 Å². The van der Waals surface area contributed by atoms with E-state index in [1.165, 1.54) is 7.11 Å². The summed E-state index contributed by atoms with van der Waals surface area (Å²) >= 11 is 0. The molecule has 0 radical (unpaired) electrons. The SMILES string of the molecule is CCOc1ccccc1C(=N)OC.COS(=O)(=O)O. The van der Waals surface area contributed by atoms with E-state index in [-0.39, 0.29) is 5.90 Å². The van der Waals surface area contributed by atoms with Crippen LogP contribution in [0, 0.1) is 5.41 Å². The Kier molecular flexibility index (Phi) is 7.73. The van der Waals surface area contributed by atoms with Crippen LogP contribution in [0.1, 0.15) is 12.5 Å². The summed E-state index contributed by atoms with van der Waals surface area (Å²) in [6.45, 7) is 2.50. The first-order valence-electron chi connectivity index (χ1n) is 5.23. The van der Waals surface area contributed by atoms with Crippen molar-refractivity contribution in [3.05, 3.63) is 29.8 Å². The van der Waals surface area contributed by atoms with Crippen molar-refractivity contribution < 1.29 is 26.6 Å². The Hall–Kier alpha value is -1.64. The van der Waals surface area contributed by atoms with Gasteiger partial charge in [0, 0.05) is 0 Å². The minimum atomic E-state index is -4.16. The lowest BCUT2D eigenvalue weighted by Crippen LogP contribution is -2.05. The first-order valence-corrected chi connectivity index (χ1v) is 6.60. The molecule has 0 bridgehead atoms. The molecule has 0 aliphatic heterocycles. The van der Waals surface area contributed by atoms with Gasteiger partial charge >= 0.3 is 10.4 Å². The highest BCUT2D eigenvalue weighted by molar-refractivity contribution is 7.80. The van der Waals surface area contributed by atoms with Crippen molar-refractivity contribution in [3.63, 3.8) is 0 Å². The molecular formula is C11H17NO6S. The fourth-order valence-corrected chi connectivity index (χ4v) is 1.05. The van der Waals surface area contributed by atoms with Gasteiger partial charge in [-0.1, -0.05) is 12.1 Å². The van der Waals surface area contributed by atoms with Crippen molar-refractivity contribution in [1.82, 2.24) is 0 Å². The smallest absolute Gasteiger partial charge is 0.397 e. The van der Waals surface area contributed by atoms with Crippen LogP contribution in [0.3, 0.4) is 0 Å². The Balaban J connectivity index is 0.000000459. The molecule has 8 heteroatoms. The fourth-order valence-electron chi connectivity index (χ4n) is 1.05. The molecule has 0 atom stereocenters. The zero-order valence-electron chi connectivity index (χ0n) is 10.9. The van der Waals surface area contributed by atoms with Crippen LogP contribution in [0.15, 0.2) is 24.3 Å². The predicted octanol–water partition coefficient (Wildman–Crippen LogP) is 1.49. The second kappa shape index (κ2) is 8.46. The van der Waals surface area contributed by atoms with E-state index in [4.69, 9.17) is 19.4 Å². The molecule has 7 nitrogen and oxygen atoms in total. The van der Waals surface area contributed by atoms with Crippen molar-refractivity contribution in [2.24, 2.45) is 0 Å². The third-order valence-corrected chi connectivity index (χ3v) is 2.27. The Bertz CT molecular complexity index is 500. The molecule has 0 amide bonds. The molecule has 2 N–H and O–H groups in total. The number of methoxy groups -OCH3 is 1. The Morgan fingerprint density at radius 3 is 2.26 bits per heavy atom. The van der Waals surface area contributed by atoms with Crippen molar-refractivity contribution in [2.45, 2.75) is 6.92 Å².